The lowest BCUT2D eigenvalue weighted by Gasteiger charge is -2.49. The summed E-state index contributed by atoms with van der Waals surface area (Å²) in [6.07, 6.45) is 1.94. The average Bonchev–Trinajstić information content (AvgIpc) is 4.03. The molecule has 9 rings (SSSR count). The van der Waals surface area contributed by atoms with E-state index in [4.69, 9.17) is 14.6 Å². The molecular weight excluding hydrogens is 903 g/mol. The van der Waals surface area contributed by atoms with E-state index in [2.05, 4.69) is 74.3 Å². The van der Waals surface area contributed by atoms with Crippen LogP contribution in [-0.4, -0.2) is 71.3 Å². The fourth-order valence-corrected chi connectivity index (χ4v) is 10.5. The van der Waals surface area contributed by atoms with Crippen molar-refractivity contribution in [3.05, 3.63) is 220 Å². The first-order valence-corrected chi connectivity index (χ1v) is 23.8. The molecule has 2 aliphatic heterocycles. The molecular formula is C50H41N9O5S3. The summed E-state index contributed by atoms with van der Waals surface area (Å²) in [6, 6.07) is 48.3. The molecule has 0 saturated carbocycles. The Labute approximate surface area is 398 Å². The molecule has 4 heterocycles. The van der Waals surface area contributed by atoms with Crippen LogP contribution in [0, 0.1) is 0 Å². The number of oxime groups is 1. The lowest BCUT2D eigenvalue weighted by atomic mass is 9.77. The largest absolute Gasteiger partial charge is 0.448 e. The molecule has 67 heavy (non-hydrogen) atoms. The SMILES string of the molecule is C=C(ON=CC(=O)NC1C(=O)N2C(C(=O)OC(c3ccccc3)c3ccccc3)=C(C=CSc3nnnn3C)CSC12)c1csc(NC(c2ccccc2)(c2ccccc2)c2ccccc2)n1. The number of carbonyl (C=O) groups excluding carboxylic acids is 3. The third-order valence-corrected chi connectivity index (χ3v) is 13.9. The number of nitrogens with one attached hydrogen (secondary N) is 2. The second kappa shape index (κ2) is 20.3. The number of ether oxygens (including phenoxy) is 1. The highest BCUT2D eigenvalue weighted by Gasteiger charge is 2.54. The van der Waals surface area contributed by atoms with Crippen LogP contribution < -0.4 is 10.6 Å². The molecule has 334 valence electrons. The Morgan fingerprint density at radius 3 is 1.99 bits per heavy atom. The number of anilines is 1. The predicted octanol–water partition coefficient (Wildman–Crippen LogP) is 8.34. The highest BCUT2D eigenvalue weighted by Crippen LogP contribution is 2.43. The van der Waals surface area contributed by atoms with Crippen molar-refractivity contribution in [2.24, 2.45) is 12.2 Å². The van der Waals surface area contributed by atoms with Gasteiger partial charge in [-0.05, 0) is 55.3 Å². The number of rotatable bonds is 17. The summed E-state index contributed by atoms with van der Waals surface area (Å²) in [6.45, 7) is 4.01. The van der Waals surface area contributed by atoms with Crippen LogP contribution in [0.2, 0.25) is 0 Å². The lowest BCUT2D eigenvalue weighted by Crippen LogP contribution is -2.70. The number of aryl methyl sites for hydroxylation is 1. The third-order valence-electron chi connectivity index (χ3n) is 11.0. The molecule has 2 aromatic heterocycles. The normalized spacial score (nSPS) is 15.9. The van der Waals surface area contributed by atoms with Gasteiger partial charge in [-0.3, -0.25) is 14.5 Å². The first-order valence-electron chi connectivity index (χ1n) is 20.9. The number of amides is 2. The summed E-state index contributed by atoms with van der Waals surface area (Å²) in [5, 5.41) is 26.0. The Morgan fingerprint density at radius 1 is 0.866 bits per heavy atom. The number of thiazole rings is 1. The van der Waals surface area contributed by atoms with E-state index in [0.717, 1.165) is 34.0 Å². The van der Waals surface area contributed by atoms with Crippen molar-refractivity contribution in [1.29, 1.82) is 0 Å². The lowest BCUT2D eigenvalue weighted by molar-refractivity contribution is -0.154. The van der Waals surface area contributed by atoms with Gasteiger partial charge in [-0.25, -0.2) is 14.5 Å². The van der Waals surface area contributed by atoms with Crippen molar-refractivity contribution in [3.8, 4) is 0 Å². The van der Waals surface area contributed by atoms with E-state index >= 15 is 0 Å². The molecule has 0 radical (unpaired) electrons. The molecule has 2 unspecified atom stereocenters. The molecule has 14 nitrogen and oxygen atoms in total. The Balaban J connectivity index is 0.887. The number of nitrogens with zero attached hydrogens (tertiary/aromatic N) is 7. The maximum absolute atomic E-state index is 14.4. The van der Waals surface area contributed by atoms with Crippen LogP contribution in [0.4, 0.5) is 5.13 Å². The molecule has 7 aromatic rings. The molecule has 2 N–H and O–H groups in total. The molecule has 5 aromatic carbocycles. The number of aromatic nitrogens is 5. The number of esters is 1. The number of allylic oxidation sites excluding steroid dienone is 1. The third kappa shape index (κ3) is 9.56. The minimum atomic E-state index is -0.954. The highest BCUT2D eigenvalue weighted by molar-refractivity contribution is 8.02. The smallest absolute Gasteiger partial charge is 0.356 e. The summed E-state index contributed by atoms with van der Waals surface area (Å²) in [7, 11) is 1.72. The molecule has 2 amide bonds. The van der Waals surface area contributed by atoms with Crippen molar-refractivity contribution >= 4 is 69.7 Å². The van der Waals surface area contributed by atoms with Gasteiger partial charge in [-0.15, -0.1) is 28.2 Å². The summed E-state index contributed by atoms with van der Waals surface area (Å²) in [4.78, 5) is 53.3. The van der Waals surface area contributed by atoms with Crippen LogP contribution in [0.3, 0.4) is 0 Å². The highest BCUT2D eigenvalue weighted by atomic mass is 32.2. The molecule has 1 saturated heterocycles. The second-order valence-electron chi connectivity index (χ2n) is 15.1. The van der Waals surface area contributed by atoms with Crippen LogP contribution in [0.25, 0.3) is 5.76 Å². The van der Waals surface area contributed by atoms with Gasteiger partial charge in [0.25, 0.3) is 11.8 Å². The van der Waals surface area contributed by atoms with Crippen LogP contribution in [-0.2, 0) is 36.5 Å². The number of benzene rings is 5. The van der Waals surface area contributed by atoms with Crippen molar-refractivity contribution in [3.63, 3.8) is 0 Å². The molecule has 2 atom stereocenters. The Bertz CT molecular complexity index is 2830. The van der Waals surface area contributed by atoms with Crippen molar-refractivity contribution < 1.29 is 24.0 Å². The number of hydrogen-bond donors (Lipinski definition) is 2. The van der Waals surface area contributed by atoms with Crippen molar-refractivity contribution in [2.45, 2.75) is 28.2 Å². The number of thioether (sulfide) groups is 2. The van der Waals surface area contributed by atoms with E-state index < -0.39 is 40.8 Å². The van der Waals surface area contributed by atoms with E-state index in [1.165, 1.54) is 44.4 Å². The summed E-state index contributed by atoms with van der Waals surface area (Å²) in [5.41, 5.74) is 4.86. The Kier molecular flexibility index (Phi) is 13.5. The zero-order valence-electron chi connectivity index (χ0n) is 35.8. The van der Waals surface area contributed by atoms with Gasteiger partial charge in [0.05, 0.1) is 0 Å². The second-order valence-corrected chi connectivity index (χ2v) is 18.0. The predicted molar refractivity (Wildman–Crippen MR) is 260 cm³/mol. The first kappa shape index (κ1) is 44.6. The summed E-state index contributed by atoms with van der Waals surface area (Å²) in [5.74, 6) is -1.40. The van der Waals surface area contributed by atoms with Gasteiger partial charge in [0.1, 0.15) is 34.6 Å². The number of carbonyl (C=O) groups is 3. The fraction of sp³-hybridized carbons (Fsp3) is 0.120. The topological polar surface area (TPSA) is 166 Å². The van der Waals surface area contributed by atoms with Crippen LogP contribution in [0.15, 0.2) is 197 Å². The van der Waals surface area contributed by atoms with Gasteiger partial charge in [-0.2, -0.15) is 0 Å². The standard InChI is InChI=1S/C50H41N9O5S3/c1-33(40-32-67-48(52-40)54-50(37-22-12-5-13-23-37,38-24-14-6-15-25-38)39-26-16-7-17-27-39)64-51-30-41(60)53-42-45(61)59-43(36(31-66-46(42)59)28-29-65-49-55-56-57-58(49)2)47(62)63-44(34-18-8-3-9-19-34)35-20-10-4-11-21-35/h3-30,32,42,44,46H,1,31H2,2H3,(H,52,54)(H,53,60). The minimum absolute atomic E-state index is 0.0861. The Hall–Kier alpha value is -7.60. The molecule has 0 bridgehead atoms. The maximum atomic E-state index is 14.4. The molecule has 0 spiro atoms. The van der Waals surface area contributed by atoms with Crippen LogP contribution in [0.5, 0.6) is 0 Å². The molecule has 17 heteroatoms. The maximum Gasteiger partial charge on any atom is 0.356 e. The number of fused-ring (bicyclic) bond motifs is 1. The quantitative estimate of drug-likeness (QED) is 0.0171. The number of β-lactam (4-membered cyclic amide) rings is 1. The van der Waals surface area contributed by atoms with Gasteiger partial charge in [-0.1, -0.05) is 175 Å². The van der Waals surface area contributed by atoms with Crippen molar-refractivity contribution in [2.75, 3.05) is 11.1 Å². The van der Waals surface area contributed by atoms with E-state index in [9.17, 15) is 14.4 Å². The van der Waals surface area contributed by atoms with Gasteiger partial charge < -0.3 is 20.2 Å². The van der Waals surface area contributed by atoms with Gasteiger partial charge in [0, 0.05) is 18.2 Å². The number of tetrazole rings is 1. The summed E-state index contributed by atoms with van der Waals surface area (Å²) >= 11 is 4.04. The minimum Gasteiger partial charge on any atom is -0.448 e. The Morgan fingerprint density at radius 2 is 1.43 bits per heavy atom. The van der Waals surface area contributed by atoms with E-state index in [-0.39, 0.29) is 11.5 Å². The molecule has 2 aliphatic rings. The molecule has 0 aliphatic carbocycles. The van der Waals surface area contributed by atoms with Crippen molar-refractivity contribution in [1.82, 2.24) is 35.4 Å². The number of hydrogen-bond acceptors (Lipinski definition) is 14. The van der Waals surface area contributed by atoms with E-state index in [0.29, 0.717) is 27.3 Å². The van der Waals surface area contributed by atoms with Gasteiger partial charge in [0.15, 0.2) is 17.0 Å². The zero-order chi connectivity index (χ0) is 46.2. The zero-order valence-corrected chi connectivity index (χ0v) is 38.2. The van der Waals surface area contributed by atoms with Crippen LogP contribution >= 0.6 is 34.9 Å². The monoisotopic (exact) mass is 943 g/mol. The van der Waals surface area contributed by atoms with Crippen LogP contribution in [0.1, 0.15) is 39.6 Å². The van der Waals surface area contributed by atoms with E-state index in [1.807, 2.05) is 115 Å². The fourth-order valence-electron chi connectivity index (χ4n) is 7.78. The first-order chi connectivity index (χ1) is 32.8. The van der Waals surface area contributed by atoms with Gasteiger partial charge >= 0.3 is 5.97 Å². The summed E-state index contributed by atoms with van der Waals surface area (Å²) < 4.78 is 7.78. The van der Waals surface area contributed by atoms with E-state index in [1.54, 1.807) is 23.9 Å². The molecule has 1 fully saturated rings. The van der Waals surface area contributed by atoms with Gasteiger partial charge in [0.2, 0.25) is 5.16 Å². The average molecular weight is 944 g/mol.